The zero-order chi connectivity index (χ0) is 16.9. The number of halogens is 1. The van der Waals surface area contributed by atoms with Gasteiger partial charge in [-0.15, -0.1) is 12.4 Å². The molecular formula is C17H28ClN3O2. The van der Waals surface area contributed by atoms with Gasteiger partial charge < -0.3 is 16.4 Å². The lowest BCUT2D eigenvalue weighted by atomic mass is 9.96. The number of aryl methyl sites for hydroxylation is 1. The van der Waals surface area contributed by atoms with Gasteiger partial charge >= 0.3 is 0 Å². The van der Waals surface area contributed by atoms with Crippen molar-refractivity contribution in [1.82, 2.24) is 5.32 Å². The van der Waals surface area contributed by atoms with E-state index in [4.69, 9.17) is 5.73 Å². The van der Waals surface area contributed by atoms with E-state index in [-0.39, 0.29) is 30.3 Å². The number of nitrogens with two attached hydrogens (primary N) is 1. The summed E-state index contributed by atoms with van der Waals surface area (Å²) in [5, 5.41) is 5.65. The first kappa shape index (κ1) is 21.4. The van der Waals surface area contributed by atoms with Crippen LogP contribution in [0.2, 0.25) is 0 Å². The van der Waals surface area contributed by atoms with Crippen molar-refractivity contribution in [3.8, 4) is 0 Å². The highest BCUT2D eigenvalue weighted by Gasteiger charge is 2.27. The van der Waals surface area contributed by atoms with Crippen molar-refractivity contribution in [3.05, 3.63) is 29.3 Å². The molecule has 0 aromatic heterocycles. The monoisotopic (exact) mass is 341 g/mol. The molecule has 23 heavy (non-hydrogen) atoms. The largest absolute Gasteiger partial charge is 0.350 e. The zero-order valence-electron chi connectivity index (χ0n) is 14.5. The molecule has 0 aliphatic carbocycles. The highest BCUT2D eigenvalue weighted by atomic mass is 35.5. The van der Waals surface area contributed by atoms with Gasteiger partial charge in [0, 0.05) is 17.3 Å². The van der Waals surface area contributed by atoms with Crippen LogP contribution in [-0.2, 0) is 4.79 Å². The van der Waals surface area contributed by atoms with Crippen molar-refractivity contribution in [2.45, 2.75) is 59.0 Å². The molecular weight excluding hydrogens is 314 g/mol. The Labute approximate surface area is 144 Å². The van der Waals surface area contributed by atoms with Crippen LogP contribution in [0, 0.1) is 6.92 Å². The van der Waals surface area contributed by atoms with Crippen LogP contribution in [0.5, 0.6) is 0 Å². The molecule has 1 aromatic carbocycles. The van der Waals surface area contributed by atoms with Crippen molar-refractivity contribution in [2.75, 3.05) is 5.32 Å². The third-order valence-corrected chi connectivity index (χ3v) is 3.45. The number of nitrogens with one attached hydrogen (secondary N) is 2. The van der Waals surface area contributed by atoms with Crippen LogP contribution in [0.1, 0.15) is 56.5 Å². The maximum atomic E-state index is 12.2. The maximum absolute atomic E-state index is 12.2. The molecule has 0 fully saturated rings. The van der Waals surface area contributed by atoms with E-state index in [0.29, 0.717) is 17.7 Å². The lowest BCUT2D eigenvalue weighted by Gasteiger charge is -2.23. The summed E-state index contributed by atoms with van der Waals surface area (Å²) < 4.78 is 0. The van der Waals surface area contributed by atoms with Gasteiger partial charge in [0.25, 0.3) is 5.91 Å². The summed E-state index contributed by atoms with van der Waals surface area (Å²) in [5.74, 6) is -0.388. The standard InChI is InChI=1S/C17H27N3O2.ClH/c1-6-9-17(5,18)16(22)20-13-8-7-12(4)14(10-13)15(21)19-11(2)3;/h7-8,10-11H,6,9,18H2,1-5H3,(H,19,21)(H,20,22);1H. The van der Waals surface area contributed by atoms with Crippen LogP contribution in [0.3, 0.4) is 0 Å². The highest BCUT2D eigenvalue weighted by Crippen LogP contribution is 2.18. The van der Waals surface area contributed by atoms with Crippen molar-refractivity contribution in [3.63, 3.8) is 0 Å². The lowest BCUT2D eigenvalue weighted by molar-refractivity contribution is -0.120. The van der Waals surface area contributed by atoms with Crippen LogP contribution in [0.25, 0.3) is 0 Å². The van der Waals surface area contributed by atoms with Crippen LogP contribution in [0.4, 0.5) is 5.69 Å². The number of carbonyl (C=O) groups excluding carboxylic acids is 2. The molecule has 0 saturated carbocycles. The molecule has 0 saturated heterocycles. The van der Waals surface area contributed by atoms with Crippen molar-refractivity contribution < 1.29 is 9.59 Å². The summed E-state index contributed by atoms with van der Waals surface area (Å²) in [6, 6.07) is 5.34. The molecule has 130 valence electrons. The Kier molecular flexibility index (Phi) is 8.28. The Morgan fingerprint density at radius 3 is 2.43 bits per heavy atom. The van der Waals surface area contributed by atoms with Crippen LogP contribution in [-0.4, -0.2) is 23.4 Å². The molecule has 1 rings (SSSR count). The maximum Gasteiger partial charge on any atom is 0.251 e. The summed E-state index contributed by atoms with van der Waals surface area (Å²) in [6.07, 6.45) is 1.43. The molecule has 0 spiro atoms. The summed E-state index contributed by atoms with van der Waals surface area (Å²) in [4.78, 5) is 24.4. The second-order valence-electron chi connectivity index (χ2n) is 6.28. The van der Waals surface area contributed by atoms with Gasteiger partial charge in [-0.25, -0.2) is 0 Å². The Morgan fingerprint density at radius 1 is 1.30 bits per heavy atom. The molecule has 6 heteroatoms. The quantitative estimate of drug-likeness (QED) is 0.743. The fraction of sp³-hybridized carbons (Fsp3) is 0.529. The van der Waals surface area contributed by atoms with Gasteiger partial charge in [-0.3, -0.25) is 9.59 Å². The van der Waals surface area contributed by atoms with E-state index >= 15 is 0 Å². The predicted octanol–water partition coefficient (Wildman–Crippen LogP) is 3.01. The van der Waals surface area contributed by atoms with Gasteiger partial charge in [0.15, 0.2) is 0 Å². The van der Waals surface area contributed by atoms with Crippen LogP contribution < -0.4 is 16.4 Å². The first-order valence-corrected chi connectivity index (χ1v) is 7.69. The van der Waals surface area contributed by atoms with E-state index < -0.39 is 5.54 Å². The molecule has 4 N–H and O–H groups in total. The summed E-state index contributed by atoms with van der Waals surface area (Å²) in [5.41, 5.74) is 7.10. The molecule has 2 amide bonds. The minimum absolute atomic E-state index is 0. The Morgan fingerprint density at radius 2 is 1.91 bits per heavy atom. The number of rotatable bonds is 6. The normalized spacial score (nSPS) is 13.0. The first-order valence-electron chi connectivity index (χ1n) is 7.69. The van der Waals surface area contributed by atoms with Crippen molar-refractivity contribution in [2.24, 2.45) is 5.73 Å². The van der Waals surface area contributed by atoms with Gasteiger partial charge in [0.05, 0.1) is 5.54 Å². The summed E-state index contributed by atoms with van der Waals surface area (Å²) >= 11 is 0. The van der Waals surface area contributed by atoms with E-state index in [1.54, 1.807) is 19.1 Å². The van der Waals surface area contributed by atoms with Crippen molar-refractivity contribution >= 4 is 29.9 Å². The Balaban J connectivity index is 0.00000484. The van der Waals surface area contributed by atoms with Crippen LogP contribution in [0.15, 0.2) is 18.2 Å². The summed E-state index contributed by atoms with van der Waals surface area (Å²) in [7, 11) is 0. The van der Waals surface area contributed by atoms with E-state index in [1.807, 2.05) is 33.8 Å². The van der Waals surface area contributed by atoms with Gasteiger partial charge in [-0.05, 0) is 51.8 Å². The molecule has 0 heterocycles. The smallest absolute Gasteiger partial charge is 0.251 e. The molecule has 1 aromatic rings. The molecule has 1 unspecified atom stereocenters. The second-order valence-corrected chi connectivity index (χ2v) is 6.28. The van der Waals surface area contributed by atoms with Gasteiger partial charge in [0.1, 0.15) is 0 Å². The van der Waals surface area contributed by atoms with Gasteiger partial charge in [-0.2, -0.15) is 0 Å². The molecule has 0 aliphatic heterocycles. The first-order chi connectivity index (χ1) is 10.2. The average Bonchev–Trinajstić information content (AvgIpc) is 2.39. The Hall–Kier alpha value is -1.59. The number of hydrogen-bond acceptors (Lipinski definition) is 3. The fourth-order valence-electron chi connectivity index (χ4n) is 2.19. The van der Waals surface area contributed by atoms with E-state index in [2.05, 4.69) is 10.6 Å². The minimum atomic E-state index is -0.917. The molecule has 0 aliphatic rings. The lowest BCUT2D eigenvalue weighted by Crippen LogP contribution is -2.48. The average molecular weight is 342 g/mol. The highest BCUT2D eigenvalue weighted by molar-refractivity contribution is 6.00. The third-order valence-electron chi connectivity index (χ3n) is 3.45. The fourth-order valence-corrected chi connectivity index (χ4v) is 2.19. The molecule has 5 nitrogen and oxygen atoms in total. The summed E-state index contributed by atoms with van der Waals surface area (Å²) in [6.45, 7) is 9.38. The molecule has 1 atom stereocenters. The number of hydrogen-bond donors (Lipinski definition) is 3. The van der Waals surface area contributed by atoms with Gasteiger partial charge in [0.2, 0.25) is 5.91 Å². The number of anilines is 1. The zero-order valence-corrected chi connectivity index (χ0v) is 15.3. The Bertz CT molecular complexity index is 557. The SMILES string of the molecule is CCCC(C)(N)C(=O)Nc1ccc(C)c(C(=O)NC(C)C)c1.Cl. The second kappa shape index (κ2) is 8.89. The predicted molar refractivity (Wildman–Crippen MR) is 97.2 cm³/mol. The molecule has 0 bridgehead atoms. The number of amides is 2. The van der Waals surface area contributed by atoms with Crippen molar-refractivity contribution in [1.29, 1.82) is 0 Å². The molecule has 0 radical (unpaired) electrons. The van der Waals surface area contributed by atoms with Crippen LogP contribution >= 0.6 is 12.4 Å². The topological polar surface area (TPSA) is 84.2 Å². The van der Waals surface area contributed by atoms with E-state index in [1.165, 1.54) is 0 Å². The minimum Gasteiger partial charge on any atom is -0.350 e. The third kappa shape index (κ3) is 6.20. The number of benzene rings is 1. The van der Waals surface area contributed by atoms with Gasteiger partial charge in [-0.1, -0.05) is 19.4 Å². The van der Waals surface area contributed by atoms with E-state index in [9.17, 15) is 9.59 Å². The van der Waals surface area contributed by atoms with E-state index in [0.717, 1.165) is 12.0 Å². The number of carbonyl (C=O) groups is 2.